The standard InChI is InChI=1S/C6H18F6N6O4P6/c1-20-26(10)14-23(4,5)13-24(7,6-19)15-25(8,9)16-27(11,21-2)18-28(12,17-26)22-3/h19H,6H2,1-5H3. The van der Waals surface area contributed by atoms with Crippen molar-refractivity contribution in [1.29, 1.82) is 0 Å². The predicted octanol–water partition coefficient (Wildman–Crippen LogP) is 8.90. The first kappa shape index (κ1) is 26.8. The van der Waals surface area contributed by atoms with Crippen molar-refractivity contribution in [2.75, 3.05) is 41.0 Å². The van der Waals surface area contributed by atoms with Crippen molar-refractivity contribution in [1.82, 2.24) is 0 Å². The van der Waals surface area contributed by atoms with Crippen LogP contribution in [0.1, 0.15) is 0 Å². The number of aliphatic hydroxyl groups excluding tert-OH is 1. The average Bonchev–Trinajstić information content (AvgIpc) is 2.51. The summed E-state index contributed by atoms with van der Waals surface area (Å²) in [5.41, 5.74) is 0. The van der Waals surface area contributed by atoms with Crippen LogP contribution in [-0.2, 0) is 13.6 Å². The van der Waals surface area contributed by atoms with Crippen LogP contribution in [0.25, 0.3) is 0 Å². The van der Waals surface area contributed by atoms with Gasteiger partial charge >= 0.3 is 31.1 Å². The Morgan fingerprint density at radius 1 is 0.643 bits per heavy atom. The van der Waals surface area contributed by atoms with Crippen LogP contribution in [0, 0.1) is 0 Å². The molecule has 0 aromatic heterocycles. The summed E-state index contributed by atoms with van der Waals surface area (Å²) in [6, 6.07) is 0. The minimum atomic E-state index is -6.19. The van der Waals surface area contributed by atoms with Crippen LogP contribution in [0.15, 0.2) is 27.1 Å². The second-order valence-corrected chi connectivity index (χ2v) is 18.5. The number of aliphatic hydroxyl groups is 1. The van der Waals surface area contributed by atoms with E-state index in [4.69, 9.17) is 5.11 Å². The molecule has 0 bridgehead atoms. The predicted molar refractivity (Wildman–Crippen MR) is 103 cm³/mol. The van der Waals surface area contributed by atoms with Gasteiger partial charge in [-0.25, -0.2) is 4.52 Å². The van der Waals surface area contributed by atoms with Crippen LogP contribution < -0.4 is 0 Å². The summed E-state index contributed by atoms with van der Waals surface area (Å²) in [4.78, 5) is 0. The van der Waals surface area contributed by atoms with E-state index >= 15 is 0 Å². The molecule has 0 saturated heterocycles. The molecule has 168 valence electrons. The summed E-state index contributed by atoms with van der Waals surface area (Å²) < 4.78 is 118. The molecule has 28 heavy (non-hydrogen) atoms. The van der Waals surface area contributed by atoms with Crippen molar-refractivity contribution in [3.63, 3.8) is 0 Å². The largest absolute Gasteiger partial charge is 0.423 e. The van der Waals surface area contributed by atoms with Gasteiger partial charge in [0.15, 0.2) is 0 Å². The lowest BCUT2D eigenvalue weighted by atomic mass is 11.7. The Hall–Kier alpha value is 0.800. The fourth-order valence-corrected chi connectivity index (χ4v) is 16.0. The van der Waals surface area contributed by atoms with Crippen LogP contribution >= 0.6 is 45.8 Å². The molecule has 22 heteroatoms. The zero-order valence-corrected chi connectivity index (χ0v) is 20.4. The Morgan fingerprint density at radius 3 is 1.43 bits per heavy atom. The van der Waals surface area contributed by atoms with E-state index in [0.717, 1.165) is 20.4 Å². The summed E-state index contributed by atoms with van der Waals surface area (Å²) in [5.74, 6) is 0. The lowest BCUT2D eigenvalue weighted by molar-refractivity contribution is 0.362. The lowest BCUT2D eigenvalue weighted by Crippen LogP contribution is -1.84. The molecule has 4 unspecified atom stereocenters. The fourth-order valence-electron chi connectivity index (χ4n) is 1.56. The summed E-state index contributed by atoms with van der Waals surface area (Å²) in [6.45, 7) is 2.14. The van der Waals surface area contributed by atoms with Crippen molar-refractivity contribution in [3.8, 4) is 0 Å². The highest BCUT2D eigenvalue weighted by Crippen LogP contribution is 2.80. The Morgan fingerprint density at radius 2 is 1.04 bits per heavy atom. The van der Waals surface area contributed by atoms with Crippen molar-refractivity contribution in [3.05, 3.63) is 0 Å². The van der Waals surface area contributed by atoms with E-state index in [0.29, 0.717) is 14.2 Å². The molecule has 10 nitrogen and oxygen atoms in total. The first-order valence-corrected chi connectivity index (χ1v) is 17.1. The maximum Gasteiger partial charge on any atom is 0.423 e. The van der Waals surface area contributed by atoms with Crippen molar-refractivity contribution in [2.24, 2.45) is 27.1 Å². The van der Waals surface area contributed by atoms with E-state index in [1.165, 1.54) is 0 Å². The van der Waals surface area contributed by atoms with Crippen LogP contribution in [-0.4, -0.2) is 46.1 Å². The van der Waals surface area contributed by atoms with Gasteiger partial charge in [0.1, 0.15) is 6.35 Å². The Kier molecular flexibility index (Phi) is 8.74. The van der Waals surface area contributed by atoms with E-state index in [-0.39, 0.29) is 0 Å². The number of nitrogens with zero attached hydrogens (tertiary/aromatic N) is 6. The van der Waals surface area contributed by atoms with Gasteiger partial charge in [-0.3, -0.25) is 0 Å². The minimum absolute atomic E-state index is 0.536. The van der Waals surface area contributed by atoms with E-state index in [1.807, 2.05) is 0 Å². The molecular weight excluding hydrogens is 520 g/mol. The molecule has 0 fully saturated rings. The van der Waals surface area contributed by atoms with Crippen LogP contribution in [0.2, 0.25) is 0 Å². The van der Waals surface area contributed by atoms with Crippen LogP contribution in [0.5, 0.6) is 0 Å². The highest BCUT2D eigenvalue weighted by molar-refractivity contribution is 7.81. The topological polar surface area (TPSA) is 122 Å². The molecule has 1 heterocycles. The number of hydrogen-bond donors (Lipinski definition) is 1. The second-order valence-electron chi connectivity index (χ2n) is 5.08. The first-order chi connectivity index (χ1) is 12.5. The smallest absolute Gasteiger partial charge is 0.386 e. The van der Waals surface area contributed by atoms with Gasteiger partial charge in [0.05, 0.1) is 7.21 Å². The maximum absolute atomic E-state index is 15.0. The van der Waals surface area contributed by atoms with Gasteiger partial charge in [-0.15, -0.1) is 21.9 Å². The first-order valence-electron chi connectivity index (χ1n) is 6.71. The maximum atomic E-state index is 15.0. The zero-order chi connectivity index (χ0) is 22.1. The van der Waals surface area contributed by atoms with Crippen molar-refractivity contribution in [2.45, 2.75) is 0 Å². The van der Waals surface area contributed by atoms with E-state index in [2.05, 4.69) is 40.7 Å². The quantitative estimate of drug-likeness (QED) is 0.284. The summed E-state index contributed by atoms with van der Waals surface area (Å²) in [7, 11) is -28.6. The molecule has 0 saturated carbocycles. The fraction of sp³-hybridized carbons (Fsp3) is 1.00. The van der Waals surface area contributed by atoms with Gasteiger partial charge < -0.3 is 18.7 Å². The molecule has 0 aromatic rings. The molecule has 0 aromatic carbocycles. The molecule has 1 aliphatic heterocycles. The van der Waals surface area contributed by atoms with Crippen molar-refractivity contribution >= 4 is 45.8 Å². The highest BCUT2D eigenvalue weighted by atomic mass is 31.3. The summed E-state index contributed by atoms with van der Waals surface area (Å²) >= 11 is 0. The van der Waals surface area contributed by atoms with Gasteiger partial charge in [-0.1, -0.05) is 0 Å². The summed E-state index contributed by atoms with van der Waals surface area (Å²) in [6.07, 6.45) is -1.58. The molecule has 0 radical (unpaired) electrons. The molecule has 1 rings (SSSR count). The molecule has 1 aliphatic rings. The van der Waals surface area contributed by atoms with Gasteiger partial charge in [0.25, 0.3) is 7.52 Å². The Balaban J connectivity index is 4.27. The number of halogens is 6. The van der Waals surface area contributed by atoms with Crippen molar-refractivity contribution < 1.29 is 43.9 Å². The Labute approximate surface area is 158 Å². The van der Waals surface area contributed by atoms with E-state index < -0.39 is 52.1 Å². The van der Waals surface area contributed by atoms with Crippen LogP contribution in [0.3, 0.4) is 0 Å². The number of rotatable bonds is 4. The molecule has 1 N–H and O–H groups in total. The minimum Gasteiger partial charge on any atom is -0.386 e. The lowest BCUT2D eigenvalue weighted by Gasteiger charge is -2.20. The SMILES string of the molecule is COP1(F)=NP(C)(C)=NP(F)(CO)=NP(F)(F)=NP(F)(OC)=NP(F)(OC)=N1. The van der Waals surface area contributed by atoms with Gasteiger partial charge in [-0.2, -0.15) is 25.8 Å². The molecular formula is C6H18F6N6O4P6. The summed E-state index contributed by atoms with van der Waals surface area (Å²) in [5, 5.41) is 9.17. The third-order valence-electron chi connectivity index (χ3n) is 2.47. The van der Waals surface area contributed by atoms with Gasteiger partial charge in [-0.05, 0) is 13.3 Å². The number of hydrogen-bond acceptors (Lipinski definition) is 10. The molecule has 0 aliphatic carbocycles. The Bertz CT molecular complexity index is 948. The average molecular weight is 538 g/mol. The third-order valence-corrected chi connectivity index (χ3v) is 16.9. The van der Waals surface area contributed by atoms with Gasteiger partial charge in [0.2, 0.25) is 0 Å². The molecule has 0 amide bonds. The van der Waals surface area contributed by atoms with Crippen LogP contribution in [0.4, 0.5) is 25.2 Å². The molecule has 4 atom stereocenters. The monoisotopic (exact) mass is 538 g/mol. The van der Waals surface area contributed by atoms with E-state index in [1.54, 1.807) is 0 Å². The van der Waals surface area contributed by atoms with Gasteiger partial charge in [0, 0.05) is 21.3 Å². The second kappa shape index (κ2) is 9.12. The highest BCUT2D eigenvalue weighted by Gasteiger charge is 2.38. The molecule has 0 spiro atoms. The zero-order valence-electron chi connectivity index (χ0n) is 15.0. The third kappa shape index (κ3) is 7.49. The normalized spacial score (nSPS) is 40.7. The van der Waals surface area contributed by atoms with E-state index in [9.17, 15) is 25.2 Å².